The van der Waals surface area contributed by atoms with Gasteiger partial charge in [0.2, 0.25) is 5.91 Å². The topological polar surface area (TPSA) is 69.9 Å². The molecule has 2 N–H and O–H groups in total. The average Bonchev–Trinajstić information content (AvgIpc) is 3.01. The molecule has 3 rings (SSSR count). The molecular weight excluding hydrogens is 256 g/mol. The number of carbonyl (C=O) groups is 1. The van der Waals surface area contributed by atoms with Crippen molar-refractivity contribution in [3.8, 4) is 0 Å². The van der Waals surface area contributed by atoms with Gasteiger partial charge in [-0.3, -0.25) is 9.20 Å². The van der Waals surface area contributed by atoms with Crippen LogP contribution in [0.3, 0.4) is 0 Å². The van der Waals surface area contributed by atoms with Gasteiger partial charge in [0.15, 0.2) is 5.82 Å². The van der Waals surface area contributed by atoms with Crippen molar-refractivity contribution in [1.29, 1.82) is 0 Å². The molecule has 0 aromatic carbocycles. The molecule has 3 heterocycles. The molecule has 1 atom stereocenters. The molecule has 2 aromatic heterocycles. The molecule has 0 saturated carbocycles. The van der Waals surface area contributed by atoms with E-state index >= 15 is 0 Å². The summed E-state index contributed by atoms with van der Waals surface area (Å²) in [5.41, 5.74) is 1.62. The van der Waals surface area contributed by atoms with E-state index in [1.54, 1.807) is 0 Å². The third-order valence-electron chi connectivity index (χ3n) is 3.65. The minimum absolute atomic E-state index is 0.00534. The van der Waals surface area contributed by atoms with Crippen LogP contribution >= 0.6 is 0 Å². The molecule has 0 bridgehead atoms. The van der Waals surface area contributed by atoms with Crippen LogP contribution in [0.25, 0.3) is 5.65 Å². The molecule has 0 radical (unpaired) electrons. The van der Waals surface area contributed by atoms with Crippen molar-refractivity contribution in [2.45, 2.75) is 26.0 Å². The van der Waals surface area contributed by atoms with Crippen LogP contribution in [0, 0.1) is 0 Å². The summed E-state index contributed by atoms with van der Waals surface area (Å²) in [4.78, 5) is 17.8. The number of hydrogen-bond acceptors (Lipinski definition) is 4. The molecule has 1 fully saturated rings. The van der Waals surface area contributed by atoms with Crippen molar-refractivity contribution < 1.29 is 9.90 Å². The van der Waals surface area contributed by atoms with Crippen LogP contribution in [-0.2, 0) is 11.4 Å². The third-order valence-corrected chi connectivity index (χ3v) is 3.65. The Hall–Kier alpha value is -2.08. The van der Waals surface area contributed by atoms with Gasteiger partial charge in [0, 0.05) is 32.3 Å². The lowest BCUT2D eigenvalue weighted by Gasteiger charge is -2.17. The van der Waals surface area contributed by atoms with Crippen LogP contribution in [-0.4, -0.2) is 39.5 Å². The Labute approximate surface area is 117 Å². The highest BCUT2D eigenvalue weighted by Crippen LogP contribution is 2.25. The highest BCUT2D eigenvalue weighted by Gasteiger charge is 2.27. The van der Waals surface area contributed by atoms with E-state index in [4.69, 9.17) is 0 Å². The highest BCUT2D eigenvalue weighted by molar-refractivity contribution is 5.73. The van der Waals surface area contributed by atoms with Crippen LogP contribution in [0.15, 0.2) is 24.4 Å². The third kappa shape index (κ3) is 2.22. The Morgan fingerprint density at radius 2 is 2.40 bits per heavy atom. The number of anilines is 1. The van der Waals surface area contributed by atoms with Crippen LogP contribution in [0.2, 0.25) is 0 Å². The van der Waals surface area contributed by atoms with Crippen molar-refractivity contribution in [3.05, 3.63) is 30.1 Å². The molecule has 6 nitrogen and oxygen atoms in total. The van der Waals surface area contributed by atoms with Crippen molar-refractivity contribution in [3.63, 3.8) is 0 Å². The van der Waals surface area contributed by atoms with Crippen LogP contribution in [0.4, 0.5) is 5.82 Å². The van der Waals surface area contributed by atoms with Gasteiger partial charge in [0.25, 0.3) is 0 Å². The van der Waals surface area contributed by atoms with Gasteiger partial charge in [-0.15, -0.1) is 0 Å². The second-order valence-electron chi connectivity index (χ2n) is 5.10. The predicted octanol–water partition coefficient (Wildman–Crippen LogP) is 0.541. The van der Waals surface area contributed by atoms with Gasteiger partial charge in [-0.05, 0) is 18.6 Å². The van der Waals surface area contributed by atoms with Gasteiger partial charge in [0.1, 0.15) is 5.65 Å². The SMILES string of the molecule is CC(=O)NC1CCN(c2nc3ccccn3c2CO)C1. The first-order valence-electron chi connectivity index (χ1n) is 6.78. The smallest absolute Gasteiger partial charge is 0.217 e. The second kappa shape index (κ2) is 5.13. The number of imidazole rings is 1. The van der Waals surface area contributed by atoms with E-state index in [0.717, 1.165) is 36.7 Å². The molecule has 20 heavy (non-hydrogen) atoms. The van der Waals surface area contributed by atoms with Crippen molar-refractivity contribution >= 4 is 17.4 Å². The molecule has 1 amide bonds. The van der Waals surface area contributed by atoms with E-state index in [9.17, 15) is 9.90 Å². The first-order chi connectivity index (χ1) is 9.69. The molecule has 2 aromatic rings. The van der Waals surface area contributed by atoms with Crippen LogP contribution < -0.4 is 10.2 Å². The Morgan fingerprint density at radius 1 is 1.55 bits per heavy atom. The molecule has 1 unspecified atom stereocenters. The number of amides is 1. The number of aliphatic hydroxyl groups excluding tert-OH is 1. The van der Waals surface area contributed by atoms with Gasteiger partial charge >= 0.3 is 0 Å². The summed E-state index contributed by atoms with van der Waals surface area (Å²) in [6.45, 7) is 3.05. The number of nitrogens with zero attached hydrogens (tertiary/aromatic N) is 3. The van der Waals surface area contributed by atoms with Crippen LogP contribution in [0.1, 0.15) is 19.0 Å². The summed E-state index contributed by atoms with van der Waals surface area (Å²) >= 11 is 0. The quantitative estimate of drug-likeness (QED) is 0.857. The Balaban J connectivity index is 1.89. The summed E-state index contributed by atoms with van der Waals surface area (Å²) in [5, 5.41) is 12.6. The normalized spacial score (nSPS) is 18.7. The number of aromatic nitrogens is 2. The zero-order valence-corrected chi connectivity index (χ0v) is 11.4. The Bertz CT molecular complexity index is 637. The molecule has 0 spiro atoms. The number of pyridine rings is 1. The van der Waals surface area contributed by atoms with E-state index in [0.29, 0.717) is 0 Å². The van der Waals surface area contributed by atoms with Gasteiger partial charge in [-0.2, -0.15) is 0 Å². The fraction of sp³-hybridized carbons (Fsp3) is 0.429. The Morgan fingerprint density at radius 3 is 3.15 bits per heavy atom. The van der Waals surface area contributed by atoms with E-state index in [2.05, 4.69) is 15.2 Å². The number of carbonyl (C=O) groups excluding carboxylic acids is 1. The van der Waals surface area contributed by atoms with Crippen LogP contribution in [0.5, 0.6) is 0 Å². The largest absolute Gasteiger partial charge is 0.390 e. The van der Waals surface area contributed by atoms with E-state index in [1.165, 1.54) is 6.92 Å². The maximum absolute atomic E-state index is 11.1. The second-order valence-corrected chi connectivity index (χ2v) is 5.10. The molecule has 1 aliphatic heterocycles. The molecule has 6 heteroatoms. The minimum atomic E-state index is -0.0538. The fourth-order valence-electron chi connectivity index (χ4n) is 2.79. The van der Waals surface area contributed by atoms with Crippen molar-refractivity contribution in [1.82, 2.24) is 14.7 Å². The molecular formula is C14H18N4O2. The standard InChI is InChI=1S/C14H18N4O2/c1-10(20)15-11-5-7-17(8-11)14-12(9-19)18-6-3-2-4-13(18)16-14/h2-4,6,11,19H,5,7-9H2,1H3,(H,15,20). The van der Waals surface area contributed by atoms with E-state index < -0.39 is 0 Å². The summed E-state index contributed by atoms with van der Waals surface area (Å²) in [6.07, 6.45) is 2.80. The molecule has 106 valence electrons. The lowest BCUT2D eigenvalue weighted by molar-refractivity contribution is -0.119. The van der Waals surface area contributed by atoms with Crippen molar-refractivity contribution in [2.75, 3.05) is 18.0 Å². The van der Waals surface area contributed by atoms with E-state index in [1.807, 2.05) is 28.8 Å². The summed E-state index contributed by atoms with van der Waals surface area (Å²) in [7, 11) is 0. The lowest BCUT2D eigenvalue weighted by atomic mass is 10.2. The predicted molar refractivity (Wildman–Crippen MR) is 75.5 cm³/mol. The first kappa shape index (κ1) is 12.9. The molecule has 0 aliphatic carbocycles. The summed E-state index contributed by atoms with van der Waals surface area (Å²) < 4.78 is 1.90. The number of nitrogens with one attached hydrogen (secondary N) is 1. The summed E-state index contributed by atoms with van der Waals surface area (Å²) in [5.74, 6) is 0.806. The zero-order valence-electron chi connectivity index (χ0n) is 11.4. The van der Waals surface area contributed by atoms with E-state index in [-0.39, 0.29) is 18.6 Å². The number of aliphatic hydroxyl groups is 1. The van der Waals surface area contributed by atoms with Gasteiger partial charge < -0.3 is 15.3 Å². The van der Waals surface area contributed by atoms with Gasteiger partial charge in [-0.1, -0.05) is 6.07 Å². The maximum atomic E-state index is 11.1. The van der Waals surface area contributed by atoms with Gasteiger partial charge in [0.05, 0.1) is 12.3 Å². The lowest BCUT2D eigenvalue weighted by Crippen LogP contribution is -2.35. The van der Waals surface area contributed by atoms with Gasteiger partial charge in [-0.25, -0.2) is 4.98 Å². The highest BCUT2D eigenvalue weighted by atomic mass is 16.3. The van der Waals surface area contributed by atoms with Crippen molar-refractivity contribution in [2.24, 2.45) is 0 Å². The molecule has 1 saturated heterocycles. The molecule has 1 aliphatic rings. The Kier molecular flexibility index (Phi) is 3.31. The average molecular weight is 274 g/mol. The first-order valence-corrected chi connectivity index (χ1v) is 6.78. The number of fused-ring (bicyclic) bond motifs is 1. The zero-order chi connectivity index (χ0) is 14.1. The maximum Gasteiger partial charge on any atom is 0.217 e. The number of hydrogen-bond donors (Lipinski definition) is 2. The fourth-order valence-corrected chi connectivity index (χ4v) is 2.79. The number of rotatable bonds is 3. The monoisotopic (exact) mass is 274 g/mol. The summed E-state index contributed by atoms with van der Waals surface area (Å²) in [6, 6.07) is 5.92. The minimum Gasteiger partial charge on any atom is -0.390 e.